The van der Waals surface area contributed by atoms with Crippen LogP contribution in [0, 0.1) is 23.7 Å². The highest BCUT2D eigenvalue weighted by atomic mass is 19.1. The average Bonchev–Trinajstić information content (AvgIpc) is 3.12. The first kappa shape index (κ1) is 29.4. The Morgan fingerprint density at radius 2 is 1.67 bits per heavy atom. The molecule has 11 heteroatoms. The van der Waals surface area contributed by atoms with Gasteiger partial charge in [0.1, 0.15) is 17.4 Å². The van der Waals surface area contributed by atoms with Crippen LogP contribution in [0.3, 0.4) is 0 Å². The van der Waals surface area contributed by atoms with Gasteiger partial charge in [-0.25, -0.2) is 4.98 Å². The van der Waals surface area contributed by atoms with E-state index >= 15 is 0 Å². The molecule has 1 saturated heterocycles. The maximum Gasteiger partial charge on any atom is 0.270 e. The van der Waals surface area contributed by atoms with Gasteiger partial charge in [-0.05, 0) is 49.6 Å². The molecule has 1 aliphatic heterocycles. The number of aromatic nitrogens is 1. The molecule has 3 N–H and O–H groups in total. The Bertz CT molecular complexity index is 1250. The molecule has 1 aromatic heterocycles. The summed E-state index contributed by atoms with van der Waals surface area (Å²) in [5, 5.41) is 7.54. The fourth-order valence-electron chi connectivity index (χ4n) is 4.31. The zero-order valence-electron chi connectivity index (χ0n) is 22.5. The molecule has 0 radical (unpaired) electrons. The predicted molar refractivity (Wildman–Crippen MR) is 139 cm³/mol. The number of amides is 4. The lowest BCUT2D eigenvalue weighted by atomic mass is 9.85. The molecule has 0 saturated carbocycles. The summed E-state index contributed by atoms with van der Waals surface area (Å²) >= 11 is 0. The second-order valence-electron chi connectivity index (χ2n) is 10.1. The molecule has 4 atom stereocenters. The lowest BCUT2D eigenvalue weighted by Crippen LogP contribution is -2.49. The van der Waals surface area contributed by atoms with Crippen molar-refractivity contribution in [1.29, 1.82) is 0 Å². The van der Waals surface area contributed by atoms with Gasteiger partial charge in [0.2, 0.25) is 23.7 Å². The maximum atomic E-state index is 13.6. The molecule has 0 spiro atoms. The smallest absolute Gasteiger partial charge is 0.270 e. The van der Waals surface area contributed by atoms with Crippen LogP contribution in [0.1, 0.15) is 63.1 Å². The van der Waals surface area contributed by atoms with Gasteiger partial charge in [-0.1, -0.05) is 39.0 Å². The summed E-state index contributed by atoms with van der Waals surface area (Å²) < 4.78 is 19.3. The predicted octanol–water partition coefficient (Wildman–Crippen LogP) is 2.49. The standard InChI is InChI=1S/C28H33FN4O6/c1-14(2)24(25(35)23-16(5)26(36)33-28(23)38)32-22(34)13-20(17-9-11-18(12-10-17)39-15(3)4)31-27(37)19-7-6-8-21(29)30-19/h6-12,14-16,20,23-24H,13H2,1-5H3,(H,31,37)(H,32,34)(H,33,36,38)/t16-,20?,23-,24-/m1/s1. The fraction of sp³-hybridized carbons (Fsp3) is 0.429. The van der Waals surface area contributed by atoms with E-state index in [1.807, 2.05) is 13.8 Å². The van der Waals surface area contributed by atoms with Crippen molar-refractivity contribution in [3.8, 4) is 5.75 Å². The molecule has 10 nitrogen and oxygen atoms in total. The number of benzene rings is 1. The Morgan fingerprint density at radius 1 is 1.00 bits per heavy atom. The lowest BCUT2D eigenvalue weighted by Gasteiger charge is -2.26. The summed E-state index contributed by atoms with van der Waals surface area (Å²) in [5.41, 5.74) is 0.397. The van der Waals surface area contributed by atoms with E-state index in [1.165, 1.54) is 19.1 Å². The molecule has 1 aliphatic rings. The number of imide groups is 1. The van der Waals surface area contributed by atoms with Gasteiger partial charge in [0.15, 0.2) is 5.78 Å². The second-order valence-corrected chi connectivity index (χ2v) is 10.1. The Labute approximate surface area is 226 Å². The highest BCUT2D eigenvalue weighted by Gasteiger charge is 2.46. The molecule has 0 bridgehead atoms. The Hall–Kier alpha value is -4.15. The van der Waals surface area contributed by atoms with E-state index in [2.05, 4.69) is 20.9 Å². The number of rotatable bonds is 11. The third kappa shape index (κ3) is 7.46. The number of nitrogens with one attached hydrogen (secondary N) is 3. The SMILES string of the molecule is CC(C)Oc1ccc(C(CC(=O)N[C@@H](C(=O)[C@@H]2C(=O)NC(=O)[C@@H]2C)C(C)C)NC(=O)c2cccc(F)n2)cc1. The first-order valence-corrected chi connectivity index (χ1v) is 12.7. The van der Waals surface area contributed by atoms with Gasteiger partial charge >= 0.3 is 0 Å². The fourth-order valence-corrected chi connectivity index (χ4v) is 4.31. The third-order valence-corrected chi connectivity index (χ3v) is 6.34. The number of carbonyl (C=O) groups is 5. The van der Waals surface area contributed by atoms with Crippen LogP contribution in [0.2, 0.25) is 0 Å². The number of pyridine rings is 1. The molecule has 2 heterocycles. The quantitative estimate of drug-likeness (QED) is 0.226. The van der Waals surface area contributed by atoms with Gasteiger partial charge in [-0.15, -0.1) is 0 Å². The number of halogens is 1. The van der Waals surface area contributed by atoms with E-state index in [4.69, 9.17) is 4.74 Å². The minimum absolute atomic E-state index is 0.0540. The molecular formula is C28H33FN4O6. The van der Waals surface area contributed by atoms with Crippen molar-refractivity contribution in [3.05, 3.63) is 59.7 Å². The van der Waals surface area contributed by atoms with Crippen LogP contribution in [0.25, 0.3) is 0 Å². The minimum atomic E-state index is -1.20. The van der Waals surface area contributed by atoms with Gasteiger partial charge in [-0.3, -0.25) is 29.3 Å². The van der Waals surface area contributed by atoms with Gasteiger partial charge < -0.3 is 15.4 Å². The summed E-state index contributed by atoms with van der Waals surface area (Å²) in [4.78, 5) is 67.0. The van der Waals surface area contributed by atoms with Gasteiger partial charge in [0.05, 0.1) is 30.5 Å². The molecule has 1 aromatic carbocycles. The van der Waals surface area contributed by atoms with Crippen LogP contribution in [0.15, 0.2) is 42.5 Å². The van der Waals surface area contributed by atoms with Gasteiger partial charge in [0.25, 0.3) is 5.91 Å². The lowest BCUT2D eigenvalue weighted by molar-refractivity contribution is -0.137. The Morgan fingerprint density at radius 3 is 2.21 bits per heavy atom. The molecular weight excluding hydrogens is 507 g/mol. The number of nitrogens with zero attached hydrogens (tertiary/aromatic N) is 1. The van der Waals surface area contributed by atoms with Crippen molar-refractivity contribution in [2.75, 3.05) is 0 Å². The zero-order valence-corrected chi connectivity index (χ0v) is 22.5. The van der Waals surface area contributed by atoms with Gasteiger partial charge in [0, 0.05) is 0 Å². The Balaban J connectivity index is 1.82. The average molecular weight is 541 g/mol. The van der Waals surface area contributed by atoms with Crippen molar-refractivity contribution in [2.45, 2.75) is 59.2 Å². The number of hydrogen-bond acceptors (Lipinski definition) is 7. The third-order valence-electron chi connectivity index (χ3n) is 6.34. The van der Waals surface area contributed by atoms with E-state index in [9.17, 15) is 28.4 Å². The molecule has 4 amide bonds. The number of hydrogen-bond donors (Lipinski definition) is 3. The largest absolute Gasteiger partial charge is 0.491 e. The molecule has 1 fully saturated rings. The zero-order chi connectivity index (χ0) is 28.9. The van der Waals surface area contributed by atoms with Crippen molar-refractivity contribution in [3.63, 3.8) is 0 Å². The maximum absolute atomic E-state index is 13.6. The molecule has 0 aliphatic carbocycles. The van der Waals surface area contributed by atoms with E-state index in [0.29, 0.717) is 11.3 Å². The van der Waals surface area contributed by atoms with E-state index in [-0.39, 0.29) is 24.1 Å². The van der Waals surface area contributed by atoms with Crippen molar-refractivity contribution in [1.82, 2.24) is 20.9 Å². The highest BCUT2D eigenvalue weighted by Crippen LogP contribution is 2.25. The van der Waals surface area contributed by atoms with E-state index < -0.39 is 59.3 Å². The number of carbonyl (C=O) groups excluding carboxylic acids is 5. The van der Waals surface area contributed by atoms with Crippen molar-refractivity contribution in [2.24, 2.45) is 17.8 Å². The van der Waals surface area contributed by atoms with Crippen LogP contribution in [-0.2, 0) is 19.2 Å². The van der Waals surface area contributed by atoms with Crippen LogP contribution in [-0.4, -0.2) is 46.5 Å². The summed E-state index contributed by atoms with van der Waals surface area (Å²) in [5.74, 6) is -5.70. The van der Waals surface area contributed by atoms with Gasteiger partial charge in [-0.2, -0.15) is 4.39 Å². The second kappa shape index (κ2) is 12.6. The summed E-state index contributed by atoms with van der Waals surface area (Å²) in [6, 6.07) is 8.68. The monoisotopic (exact) mass is 540 g/mol. The van der Waals surface area contributed by atoms with Crippen molar-refractivity contribution >= 4 is 29.4 Å². The summed E-state index contributed by atoms with van der Waals surface area (Å²) in [6.07, 6.45) is -0.325. The molecule has 2 aromatic rings. The molecule has 1 unspecified atom stereocenters. The molecule has 39 heavy (non-hydrogen) atoms. The van der Waals surface area contributed by atoms with Crippen LogP contribution < -0.4 is 20.7 Å². The van der Waals surface area contributed by atoms with Crippen molar-refractivity contribution < 1.29 is 33.1 Å². The number of ether oxygens (including phenoxy) is 1. The molecule has 208 valence electrons. The van der Waals surface area contributed by atoms with Crippen LogP contribution >= 0.6 is 0 Å². The summed E-state index contributed by atoms with van der Waals surface area (Å²) in [7, 11) is 0. The van der Waals surface area contributed by atoms with E-state index in [1.54, 1.807) is 38.1 Å². The first-order chi connectivity index (χ1) is 18.4. The van der Waals surface area contributed by atoms with E-state index in [0.717, 1.165) is 6.07 Å². The Kier molecular flexibility index (Phi) is 9.50. The normalized spacial score (nSPS) is 18.5. The minimum Gasteiger partial charge on any atom is -0.491 e. The highest BCUT2D eigenvalue weighted by molar-refractivity contribution is 6.16. The van der Waals surface area contributed by atoms with Crippen LogP contribution in [0.4, 0.5) is 4.39 Å². The molecule has 3 rings (SSSR count). The first-order valence-electron chi connectivity index (χ1n) is 12.7. The summed E-state index contributed by atoms with van der Waals surface area (Å²) in [6.45, 7) is 8.67. The topological polar surface area (TPSA) is 144 Å². The number of ketones is 1. The number of Topliss-reactive ketones (excluding diaryl/α,β-unsaturated/α-hetero) is 1. The van der Waals surface area contributed by atoms with Crippen LogP contribution in [0.5, 0.6) is 5.75 Å².